The minimum atomic E-state index is 0.0508. The summed E-state index contributed by atoms with van der Waals surface area (Å²) < 4.78 is 10.9. The van der Waals surface area contributed by atoms with Gasteiger partial charge in [0.15, 0.2) is 0 Å². The standard InChI is InChI=1S/C19H30N2O3/c1-3-23-10-11-24-13-16-7-5-9-18(14(16)2)21-19(22)12-15-6-4-8-17(15)20/h5,7,9,15,17H,3-4,6,8,10-13,20H2,1-2H3,(H,21,22)/t15-,17+/m0/s1. The summed E-state index contributed by atoms with van der Waals surface area (Å²) in [6.45, 7) is 6.38. The number of hydrogen-bond donors (Lipinski definition) is 2. The van der Waals surface area contributed by atoms with E-state index >= 15 is 0 Å². The van der Waals surface area contributed by atoms with Crippen LogP contribution in [0.3, 0.4) is 0 Å². The first-order valence-electron chi connectivity index (χ1n) is 8.91. The van der Waals surface area contributed by atoms with Gasteiger partial charge in [0.25, 0.3) is 0 Å². The van der Waals surface area contributed by atoms with E-state index in [9.17, 15) is 4.79 Å². The molecule has 0 bridgehead atoms. The van der Waals surface area contributed by atoms with Crippen LogP contribution in [0.5, 0.6) is 0 Å². The first kappa shape index (κ1) is 18.9. The largest absolute Gasteiger partial charge is 0.379 e. The van der Waals surface area contributed by atoms with Gasteiger partial charge >= 0.3 is 0 Å². The van der Waals surface area contributed by atoms with Gasteiger partial charge < -0.3 is 20.5 Å². The van der Waals surface area contributed by atoms with E-state index in [4.69, 9.17) is 15.2 Å². The second kappa shape index (κ2) is 9.77. The molecule has 0 unspecified atom stereocenters. The number of ether oxygens (including phenoxy) is 2. The molecule has 5 heteroatoms. The lowest BCUT2D eigenvalue weighted by Crippen LogP contribution is -2.28. The normalized spacial score (nSPS) is 20.3. The van der Waals surface area contributed by atoms with Crippen LogP contribution in [0.2, 0.25) is 0 Å². The fraction of sp³-hybridized carbons (Fsp3) is 0.632. The molecule has 0 spiro atoms. The van der Waals surface area contributed by atoms with Gasteiger partial charge in [-0.3, -0.25) is 4.79 Å². The first-order valence-corrected chi connectivity index (χ1v) is 8.91. The topological polar surface area (TPSA) is 73.6 Å². The van der Waals surface area contributed by atoms with Gasteiger partial charge in [0.1, 0.15) is 0 Å². The molecule has 2 atom stereocenters. The van der Waals surface area contributed by atoms with Crippen LogP contribution in [0.15, 0.2) is 18.2 Å². The third kappa shape index (κ3) is 5.58. The zero-order valence-electron chi connectivity index (χ0n) is 14.8. The van der Waals surface area contributed by atoms with E-state index in [-0.39, 0.29) is 11.9 Å². The Labute approximate surface area is 144 Å². The van der Waals surface area contributed by atoms with Gasteiger partial charge in [-0.05, 0) is 49.8 Å². The lowest BCUT2D eigenvalue weighted by atomic mass is 9.99. The molecule has 2 rings (SSSR count). The molecule has 1 aliphatic carbocycles. The minimum Gasteiger partial charge on any atom is -0.379 e. The van der Waals surface area contributed by atoms with E-state index < -0.39 is 0 Å². The molecule has 134 valence electrons. The molecule has 0 saturated heterocycles. The van der Waals surface area contributed by atoms with Crippen molar-refractivity contribution in [1.29, 1.82) is 0 Å². The van der Waals surface area contributed by atoms with Crippen molar-refractivity contribution in [2.45, 2.75) is 52.2 Å². The second-order valence-electron chi connectivity index (χ2n) is 6.45. The van der Waals surface area contributed by atoms with E-state index in [0.29, 0.717) is 38.8 Å². The summed E-state index contributed by atoms with van der Waals surface area (Å²) in [5, 5.41) is 3.03. The number of carbonyl (C=O) groups is 1. The van der Waals surface area contributed by atoms with Gasteiger partial charge in [-0.15, -0.1) is 0 Å². The summed E-state index contributed by atoms with van der Waals surface area (Å²) in [5.41, 5.74) is 9.05. The monoisotopic (exact) mass is 334 g/mol. The van der Waals surface area contributed by atoms with Gasteiger partial charge in [0, 0.05) is 24.8 Å². The zero-order valence-corrected chi connectivity index (χ0v) is 14.8. The van der Waals surface area contributed by atoms with Crippen molar-refractivity contribution in [1.82, 2.24) is 0 Å². The molecule has 1 aromatic carbocycles. The van der Waals surface area contributed by atoms with Crippen LogP contribution < -0.4 is 11.1 Å². The molecule has 1 aromatic rings. The number of hydrogen-bond acceptors (Lipinski definition) is 4. The van der Waals surface area contributed by atoms with Crippen molar-refractivity contribution < 1.29 is 14.3 Å². The Morgan fingerprint density at radius 1 is 1.29 bits per heavy atom. The Bertz CT molecular complexity index is 533. The number of nitrogens with two attached hydrogens (primary N) is 1. The third-order valence-electron chi connectivity index (χ3n) is 4.72. The van der Waals surface area contributed by atoms with E-state index in [1.165, 1.54) is 0 Å². The minimum absolute atomic E-state index is 0.0508. The van der Waals surface area contributed by atoms with E-state index in [1.807, 2.05) is 32.0 Å². The van der Waals surface area contributed by atoms with E-state index in [1.54, 1.807) is 0 Å². The highest BCUT2D eigenvalue weighted by molar-refractivity contribution is 5.91. The molecule has 1 amide bonds. The molecule has 1 fully saturated rings. The van der Waals surface area contributed by atoms with Crippen molar-refractivity contribution >= 4 is 11.6 Å². The molecule has 0 radical (unpaired) electrons. The Hall–Kier alpha value is -1.43. The van der Waals surface area contributed by atoms with Crippen LogP contribution in [0.1, 0.15) is 43.7 Å². The molecule has 3 N–H and O–H groups in total. The Morgan fingerprint density at radius 3 is 2.79 bits per heavy atom. The molecule has 0 aliphatic heterocycles. The van der Waals surface area contributed by atoms with Gasteiger partial charge in [-0.1, -0.05) is 18.6 Å². The van der Waals surface area contributed by atoms with Crippen LogP contribution in [0.25, 0.3) is 0 Å². The van der Waals surface area contributed by atoms with Crippen molar-refractivity contribution in [2.24, 2.45) is 11.7 Å². The lowest BCUT2D eigenvalue weighted by molar-refractivity contribution is -0.117. The summed E-state index contributed by atoms with van der Waals surface area (Å²) in [5.74, 6) is 0.366. The molecule has 0 aromatic heterocycles. The van der Waals surface area contributed by atoms with Gasteiger partial charge in [0.2, 0.25) is 5.91 Å². The van der Waals surface area contributed by atoms with Crippen molar-refractivity contribution in [3.63, 3.8) is 0 Å². The number of anilines is 1. The summed E-state index contributed by atoms with van der Waals surface area (Å²) in [6, 6.07) is 6.08. The molecular weight excluding hydrogens is 304 g/mol. The SMILES string of the molecule is CCOCCOCc1cccc(NC(=O)C[C@@H]2CCC[C@H]2N)c1C. The highest BCUT2D eigenvalue weighted by atomic mass is 16.5. The summed E-state index contributed by atoms with van der Waals surface area (Å²) in [4.78, 5) is 12.3. The number of rotatable bonds is 9. The van der Waals surface area contributed by atoms with Crippen LogP contribution in [0.4, 0.5) is 5.69 Å². The van der Waals surface area contributed by atoms with Gasteiger partial charge in [-0.2, -0.15) is 0 Å². The predicted octanol–water partition coefficient (Wildman–Crippen LogP) is 3.00. The number of nitrogens with one attached hydrogen (secondary N) is 1. The average molecular weight is 334 g/mol. The zero-order chi connectivity index (χ0) is 17.4. The maximum absolute atomic E-state index is 12.3. The van der Waals surface area contributed by atoms with E-state index in [2.05, 4.69) is 5.32 Å². The van der Waals surface area contributed by atoms with Crippen LogP contribution in [-0.2, 0) is 20.9 Å². The maximum atomic E-state index is 12.3. The molecule has 24 heavy (non-hydrogen) atoms. The van der Waals surface area contributed by atoms with Crippen LogP contribution in [-0.4, -0.2) is 31.8 Å². The quantitative estimate of drug-likeness (QED) is 0.681. The Kier molecular flexibility index (Phi) is 7.69. The number of carbonyl (C=O) groups excluding carboxylic acids is 1. The summed E-state index contributed by atoms with van der Waals surface area (Å²) in [6.07, 6.45) is 3.73. The molecule has 5 nitrogen and oxygen atoms in total. The number of benzene rings is 1. The molecule has 1 saturated carbocycles. The van der Waals surface area contributed by atoms with E-state index in [0.717, 1.165) is 36.1 Å². The second-order valence-corrected chi connectivity index (χ2v) is 6.45. The van der Waals surface area contributed by atoms with Gasteiger partial charge in [0.05, 0.1) is 19.8 Å². The summed E-state index contributed by atoms with van der Waals surface area (Å²) in [7, 11) is 0. The number of amides is 1. The fourth-order valence-corrected chi connectivity index (χ4v) is 3.18. The fourth-order valence-electron chi connectivity index (χ4n) is 3.18. The predicted molar refractivity (Wildman–Crippen MR) is 95.9 cm³/mol. The Balaban J connectivity index is 1.86. The van der Waals surface area contributed by atoms with Crippen LogP contribution >= 0.6 is 0 Å². The van der Waals surface area contributed by atoms with Crippen LogP contribution in [0, 0.1) is 12.8 Å². The first-order chi connectivity index (χ1) is 11.6. The lowest BCUT2D eigenvalue weighted by Gasteiger charge is -2.16. The molecule has 0 heterocycles. The third-order valence-corrected chi connectivity index (χ3v) is 4.72. The van der Waals surface area contributed by atoms with Crippen molar-refractivity contribution in [2.75, 3.05) is 25.1 Å². The highest BCUT2D eigenvalue weighted by Crippen LogP contribution is 2.27. The Morgan fingerprint density at radius 2 is 2.08 bits per heavy atom. The molecule has 1 aliphatic rings. The van der Waals surface area contributed by atoms with Crippen molar-refractivity contribution in [3.05, 3.63) is 29.3 Å². The average Bonchev–Trinajstić information content (AvgIpc) is 2.95. The summed E-state index contributed by atoms with van der Waals surface area (Å²) >= 11 is 0. The van der Waals surface area contributed by atoms with Crippen molar-refractivity contribution in [3.8, 4) is 0 Å². The smallest absolute Gasteiger partial charge is 0.224 e. The maximum Gasteiger partial charge on any atom is 0.224 e. The van der Waals surface area contributed by atoms with Gasteiger partial charge in [-0.25, -0.2) is 0 Å². The highest BCUT2D eigenvalue weighted by Gasteiger charge is 2.26. The molecular formula is C19H30N2O3.